The molecule has 5 aliphatic heterocycles. The van der Waals surface area contributed by atoms with E-state index in [-0.39, 0.29) is 18.6 Å². The van der Waals surface area contributed by atoms with E-state index >= 15 is 0 Å². The summed E-state index contributed by atoms with van der Waals surface area (Å²) < 4.78 is 95.4. The van der Waals surface area contributed by atoms with Gasteiger partial charge < -0.3 is 4.74 Å². The Labute approximate surface area is 370 Å². The number of nitrogens with zero attached hydrogens (tertiary/aromatic N) is 2. The van der Waals surface area contributed by atoms with Gasteiger partial charge in [0.2, 0.25) is 0 Å². The molecule has 0 bridgehead atoms. The zero-order valence-corrected chi connectivity index (χ0v) is 43.1. The normalized spacial score (nSPS) is 32.5. The van der Waals surface area contributed by atoms with Crippen LogP contribution in [0.1, 0.15) is 136 Å². The first-order valence-electron chi connectivity index (χ1n) is 21.9. The number of rotatable bonds is 7. The van der Waals surface area contributed by atoms with Gasteiger partial charge in [-0.15, -0.1) is 0 Å². The number of sulfone groups is 1. The van der Waals surface area contributed by atoms with Gasteiger partial charge in [-0.25, -0.2) is 8.42 Å². The Kier molecular flexibility index (Phi) is 19.5. The molecule has 354 valence electrons. The van der Waals surface area contributed by atoms with Crippen molar-refractivity contribution >= 4 is 42.2 Å². The first-order valence-corrected chi connectivity index (χ1v) is 28.2. The summed E-state index contributed by atoms with van der Waals surface area (Å²) in [6, 6.07) is 0. The first kappa shape index (κ1) is 55.4. The van der Waals surface area contributed by atoms with Crippen LogP contribution in [0.25, 0.3) is 0 Å². The van der Waals surface area contributed by atoms with Crippen LogP contribution in [-0.4, -0.2) is 102 Å². The maximum absolute atomic E-state index is 12.3. The number of hydrogen-bond donors (Lipinski definition) is 1. The molecule has 0 aromatic carbocycles. The summed E-state index contributed by atoms with van der Waals surface area (Å²) in [6.45, 7) is 33.4. The van der Waals surface area contributed by atoms with E-state index in [1.807, 2.05) is 13.1 Å². The monoisotopic (exact) mass is 934 g/mol. The molecular weight excluding hydrogens is 852 g/mol. The minimum Gasteiger partial charge on any atom is -0.379 e. The summed E-state index contributed by atoms with van der Waals surface area (Å²) in [5.74, 6) is 9.14. The third-order valence-electron chi connectivity index (χ3n) is 15.3. The van der Waals surface area contributed by atoms with Crippen LogP contribution < -0.4 is 0 Å². The van der Waals surface area contributed by atoms with E-state index in [2.05, 4.69) is 110 Å². The van der Waals surface area contributed by atoms with Crippen molar-refractivity contribution in [1.29, 1.82) is 0 Å². The molecule has 0 spiro atoms. The van der Waals surface area contributed by atoms with Gasteiger partial charge in [0.25, 0.3) is 0 Å². The highest BCUT2D eigenvalue weighted by Gasteiger charge is 2.61. The number of H-pyrrole nitrogens is 1. The smallest absolute Gasteiger partial charge is 0.379 e. The van der Waals surface area contributed by atoms with Gasteiger partial charge in [0, 0.05) is 72.3 Å². The van der Waals surface area contributed by atoms with Gasteiger partial charge in [0.1, 0.15) is 5.41 Å². The molecule has 0 radical (unpaired) electrons. The topological polar surface area (TPSA) is 136 Å². The fraction of sp³-hybridized carbons (Fsp3) is 0.955. The highest BCUT2D eigenvalue weighted by molar-refractivity contribution is 7.92. The third kappa shape index (κ3) is 13.7. The molecule has 6 aliphatic rings. The zero-order valence-electron chi connectivity index (χ0n) is 39.8. The van der Waals surface area contributed by atoms with E-state index in [9.17, 15) is 34.2 Å². The third-order valence-corrected chi connectivity index (χ3v) is 23.4. The molecule has 5 saturated heterocycles. The summed E-state index contributed by atoms with van der Waals surface area (Å²) in [6.07, 6.45) is 1.65. The van der Waals surface area contributed by atoms with E-state index in [1.54, 1.807) is 13.8 Å². The number of alkyl halides is 3. The summed E-state index contributed by atoms with van der Waals surface area (Å²) in [5.41, 5.74) is 1.18. The van der Waals surface area contributed by atoms with Crippen LogP contribution in [0.2, 0.25) is 0 Å². The predicted octanol–water partition coefficient (Wildman–Crippen LogP) is 9.41. The fourth-order valence-corrected chi connectivity index (χ4v) is 16.4. The van der Waals surface area contributed by atoms with Gasteiger partial charge >= 0.3 is 6.18 Å². The number of halogens is 3. The number of ether oxygens (including phenoxy) is 1. The Hall–Kier alpha value is -0.710. The van der Waals surface area contributed by atoms with Gasteiger partial charge in [-0.05, 0) is 70.0 Å². The Morgan fingerprint density at radius 3 is 1.07 bits per heavy atom. The lowest BCUT2D eigenvalue weighted by Gasteiger charge is -2.45. The number of aromatic nitrogens is 3. The summed E-state index contributed by atoms with van der Waals surface area (Å²) in [4.78, 5) is 0. The van der Waals surface area contributed by atoms with Crippen molar-refractivity contribution in [2.75, 3.05) is 59.2 Å². The first-order chi connectivity index (χ1) is 27.1. The van der Waals surface area contributed by atoms with Crippen molar-refractivity contribution in [3.05, 3.63) is 11.9 Å². The summed E-state index contributed by atoms with van der Waals surface area (Å²) >= 11 is 0. The van der Waals surface area contributed by atoms with Gasteiger partial charge in [-0.2, -0.15) is 28.6 Å². The van der Waals surface area contributed by atoms with E-state index in [0.717, 1.165) is 40.2 Å². The van der Waals surface area contributed by atoms with Crippen molar-refractivity contribution in [2.24, 2.45) is 62.6 Å². The molecule has 16 heteroatoms. The van der Waals surface area contributed by atoms with Crippen LogP contribution in [0, 0.1) is 62.6 Å². The van der Waals surface area contributed by atoms with E-state index in [1.165, 1.54) is 19.3 Å². The Bertz CT molecular complexity index is 1570. The summed E-state index contributed by atoms with van der Waals surface area (Å²) in [7, 11) is -4.08. The minimum atomic E-state index is -4.11. The van der Waals surface area contributed by atoms with Gasteiger partial charge in [0.15, 0.2) is 9.84 Å². The van der Waals surface area contributed by atoms with Crippen LogP contribution in [0.3, 0.4) is 0 Å². The minimum absolute atomic E-state index is 0.0683. The lowest BCUT2D eigenvalue weighted by molar-refractivity contribution is -0.318. The SMILES string of the molecule is CC(C)C1(C(F)(F)F)COC1.CC(C)C1(C)CS(=O)(=O)C1.CC(C)C1(C)CS(=O)C1.CC(C)C1(C)CS(=O)C1.CC(C)C1(C)CS(=O)C1.CC(C)C1(c2cn[nH]n2)CCC1. The zero-order chi connectivity index (χ0) is 46.5. The molecule has 7 rings (SSSR count). The molecule has 1 aromatic heterocycles. The molecule has 1 aromatic rings. The van der Waals surface area contributed by atoms with E-state index < -0.39 is 59.7 Å². The highest BCUT2D eigenvalue weighted by Crippen LogP contribution is 2.50. The molecule has 9 nitrogen and oxygen atoms in total. The van der Waals surface area contributed by atoms with Crippen LogP contribution in [-0.2, 0) is 52.4 Å². The van der Waals surface area contributed by atoms with Crippen LogP contribution >= 0.6 is 0 Å². The second kappa shape index (κ2) is 21.1. The van der Waals surface area contributed by atoms with Crippen molar-refractivity contribution in [3.8, 4) is 0 Å². The molecule has 6 fully saturated rings. The van der Waals surface area contributed by atoms with Crippen LogP contribution in [0.15, 0.2) is 6.20 Å². The molecule has 1 aliphatic carbocycles. The Morgan fingerprint density at radius 2 is 0.967 bits per heavy atom. The average Bonchev–Trinajstić information content (AvgIpc) is 3.52. The Morgan fingerprint density at radius 1 is 0.617 bits per heavy atom. The van der Waals surface area contributed by atoms with Crippen LogP contribution in [0.5, 0.6) is 0 Å². The standard InChI is InChI=1S/C9H15N3.C7H11F3O.C7H14O2S.3C7H14OS/c1-7(2)9(4-3-5-9)8-6-10-12-11-8;1-5(2)6(3-11-4-6)7(8,9)10;1-6(2)7(3)4-10(8,9)5-7;3*1-6(2)7(3)4-9(8)5-7/h6-7H,3-5H2,1-2H3,(H,10,11,12);5H,3-4H2,1-2H3;6H,4-5H2,1-3H3;3*6H,4-5H2,1-3H3. The van der Waals surface area contributed by atoms with E-state index in [0.29, 0.717) is 62.8 Å². The second-order valence-corrected chi connectivity index (χ2v) is 28.2. The largest absolute Gasteiger partial charge is 0.399 e. The molecule has 60 heavy (non-hydrogen) atoms. The molecular formula is C44H82F3N3O6S4. The average molecular weight is 934 g/mol. The number of hydrogen-bond acceptors (Lipinski definition) is 8. The summed E-state index contributed by atoms with van der Waals surface area (Å²) in [5, 5.41) is 10.8. The van der Waals surface area contributed by atoms with Crippen LogP contribution in [0.4, 0.5) is 13.2 Å². The molecule has 0 atom stereocenters. The molecule has 6 heterocycles. The van der Waals surface area contributed by atoms with E-state index in [4.69, 9.17) is 0 Å². The molecule has 1 saturated carbocycles. The predicted molar refractivity (Wildman–Crippen MR) is 245 cm³/mol. The molecule has 0 amide bonds. The van der Waals surface area contributed by atoms with Crippen molar-refractivity contribution in [1.82, 2.24) is 15.4 Å². The van der Waals surface area contributed by atoms with Crippen molar-refractivity contribution in [2.45, 2.75) is 142 Å². The maximum Gasteiger partial charge on any atom is 0.399 e. The van der Waals surface area contributed by atoms with Crippen molar-refractivity contribution in [3.63, 3.8) is 0 Å². The lowest BCUT2D eigenvalue weighted by atomic mass is 9.60. The second-order valence-electron chi connectivity index (χ2n) is 21.8. The fourth-order valence-electron chi connectivity index (χ4n) is 7.65. The van der Waals surface area contributed by atoms with Crippen molar-refractivity contribution < 1.29 is 39.0 Å². The molecule has 0 unspecified atom stereocenters. The quantitative estimate of drug-likeness (QED) is 0.286. The lowest BCUT2D eigenvalue weighted by Crippen LogP contribution is -2.56. The number of nitrogens with one attached hydrogen (secondary N) is 1. The number of aromatic amines is 1. The molecule has 1 N–H and O–H groups in total. The maximum atomic E-state index is 12.3. The van der Waals surface area contributed by atoms with Gasteiger partial charge in [-0.1, -0.05) is 117 Å². The highest BCUT2D eigenvalue weighted by atomic mass is 32.2. The van der Waals surface area contributed by atoms with Gasteiger partial charge in [0.05, 0.1) is 36.6 Å². The Balaban J connectivity index is 0.000000249. The van der Waals surface area contributed by atoms with Gasteiger partial charge in [-0.3, -0.25) is 12.6 Å².